The Morgan fingerprint density at radius 1 is 0.833 bits per heavy atom. The first-order valence-corrected chi connectivity index (χ1v) is 12.8. The van der Waals surface area contributed by atoms with Gasteiger partial charge in [-0.15, -0.1) is 0 Å². The quantitative estimate of drug-likeness (QED) is 0.580. The van der Waals surface area contributed by atoms with Gasteiger partial charge in [-0.3, -0.25) is 4.79 Å². The van der Waals surface area contributed by atoms with Crippen molar-refractivity contribution in [2.75, 3.05) is 6.54 Å². The fourth-order valence-corrected chi connectivity index (χ4v) is 6.76. The molecule has 1 amide bonds. The Kier molecular flexibility index (Phi) is 7.29. The van der Waals surface area contributed by atoms with E-state index in [0.717, 1.165) is 32.2 Å². The summed E-state index contributed by atoms with van der Waals surface area (Å²) >= 11 is 0. The highest BCUT2D eigenvalue weighted by Crippen LogP contribution is 2.51. The highest BCUT2D eigenvalue weighted by molar-refractivity contribution is 5.88. The molecular formula is C26H48N2O2. The first-order chi connectivity index (χ1) is 14.0. The average Bonchev–Trinajstić information content (AvgIpc) is 2.77. The van der Waals surface area contributed by atoms with Crippen LogP contribution in [-0.2, 0) is 9.53 Å². The van der Waals surface area contributed by atoms with E-state index in [2.05, 4.69) is 51.8 Å². The van der Waals surface area contributed by atoms with Gasteiger partial charge in [-0.1, -0.05) is 58.8 Å². The van der Waals surface area contributed by atoms with E-state index in [4.69, 9.17) is 4.74 Å². The van der Waals surface area contributed by atoms with Crippen LogP contribution < -0.4 is 5.32 Å². The minimum absolute atomic E-state index is 0.113. The molecule has 2 spiro atoms. The zero-order chi connectivity index (χ0) is 22.0. The van der Waals surface area contributed by atoms with Crippen molar-refractivity contribution >= 4 is 5.91 Å². The molecule has 0 unspecified atom stereocenters. The fourth-order valence-electron chi connectivity index (χ4n) is 6.76. The molecule has 0 radical (unpaired) electrons. The number of carbonyl (C=O) groups excluding carboxylic acids is 1. The third-order valence-electron chi connectivity index (χ3n) is 7.33. The molecule has 3 fully saturated rings. The van der Waals surface area contributed by atoms with Crippen LogP contribution in [0.4, 0.5) is 0 Å². The number of nitrogens with one attached hydrogen (secondary N) is 1. The summed E-state index contributed by atoms with van der Waals surface area (Å²) in [6.07, 6.45) is 15.2. The molecular weight excluding hydrogens is 372 g/mol. The van der Waals surface area contributed by atoms with Crippen LogP contribution in [0.5, 0.6) is 0 Å². The van der Waals surface area contributed by atoms with E-state index in [-0.39, 0.29) is 17.0 Å². The van der Waals surface area contributed by atoms with Gasteiger partial charge in [0.15, 0.2) is 5.60 Å². The first kappa shape index (κ1) is 24.0. The molecule has 2 saturated heterocycles. The third kappa shape index (κ3) is 5.41. The molecule has 0 aromatic heterocycles. The summed E-state index contributed by atoms with van der Waals surface area (Å²) in [7, 11) is 0. The molecule has 3 aliphatic rings. The number of carbonyl (C=O) groups is 1. The summed E-state index contributed by atoms with van der Waals surface area (Å²) in [6, 6.07) is 0. The second-order valence-electron chi connectivity index (χ2n) is 12.3. The van der Waals surface area contributed by atoms with Gasteiger partial charge >= 0.3 is 0 Å². The number of amides is 1. The number of rotatable bonds is 2. The molecule has 30 heavy (non-hydrogen) atoms. The topological polar surface area (TPSA) is 41.6 Å². The molecule has 0 bridgehead atoms. The molecule has 1 aliphatic carbocycles. The smallest absolute Gasteiger partial charge is 0.257 e. The van der Waals surface area contributed by atoms with Crippen molar-refractivity contribution in [1.29, 1.82) is 0 Å². The van der Waals surface area contributed by atoms with E-state index >= 15 is 0 Å². The molecule has 1 saturated carbocycles. The number of hydrogen-bond acceptors (Lipinski definition) is 3. The van der Waals surface area contributed by atoms with Crippen molar-refractivity contribution in [2.24, 2.45) is 5.92 Å². The first-order valence-electron chi connectivity index (χ1n) is 12.8. The van der Waals surface area contributed by atoms with E-state index in [1.165, 1.54) is 57.8 Å². The van der Waals surface area contributed by atoms with Crippen molar-refractivity contribution in [3.8, 4) is 0 Å². The van der Waals surface area contributed by atoms with Crippen molar-refractivity contribution in [3.05, 3.63) is 0 Å². The summed E-state index contributed by atoms with van der Waals surface area (Å²) in [5, 5.41) is 3.76. The SMILES string of the molecule is CC(C)CN1C(=O)C2(CC(C)(C)NC(C)(C)C2)OC12CCCCCCCCCCC2. The minimum atomic E-state index is -0.676. The van der Waals surface area contributed by atoms with E-state index in [0.29, 0.717) is 5.92 Å². The number of nitrogens with zero attached hydrogens (tertiary/aromatic N) is 1. The number of piperidine rings is 1. The van der Waals surface area contributed by atoms with Crippen molar-refractivity contribution in [3.63, 3.8) is 0 Å². The van der Waals surface area contributed by atoms with Crippen LogP contribution in [-0.4, -0.2) is 39.8 Å². The second kappa shape index (κ2) is 9.10. The van der Waals surface area contributed by atoms with Gasteiger partial charge in [0.25, 0.3) is 5.91 Å². The van der Waals surface area contributed by atoms with Gasteiger partial charge in [-0.2, -0.15) is 0 Å². The number of ether oxygens (including phenoxy) is 1. The number of hydrogen-bond donors (Lipinski definition) is 1. The van der Waals surface area contributed by atoms with Crippen LogP contribution in [0.25, 0.3) is 0 Å². The predicted molar refractivity (Wildman–Crippen MR) is 124 cm³/mol. The second-order valence-corrected chi connectivity index (χ2v) is 12.3. The Bertz CT molecular complexity index is 568. The standard InChI is InChI=1S/C26H48N2O2/c1-21(2)18-28-22(29)25(19-23(3,4)27-24(5,6)20-25)30-26(28)16-14-12-10-8-7-9-11-13-15-17-26/h21,27H,7-20H2,1-6H3. The van der Waals surface area contributed by atoms with E-state index in [1.54, 1.807) is 0 Å². The van der Waals surface area contributed by atoms with Gasteiger partial charge in [0, 0.05) is 30.5 Å². The Labute approximate surface area is 185 Å². The normalized spacial score (nSPS) is 29.2. The molecule has 0 aromatic carbocycles. The van der Waals surface area contributed by atoms with Crippen LogP contribution in [0.2, 0.25) is 0 Å². The maximum Gasteiger partial charge on any atom is 0.257 e. The predicted octanol–water partition coefficient (Wildman–Crippen LogP) is 6.18. The van der Waals surface area contributed by atoms with Gasteiger partial charge in [-0.05, 0) is 59.3 Å². The van der Waals surface area contributed by atoms with Crippen molar-refractivity contribution in [2.45, 2.75) is 147 Å². The van der Waals surface area contributed by atoms with Gasteiger partial charge in [0.1, 0.15) is 5.72 Å². The van der Waals surface area contributed by atoms with Crippen LogP contribution in [0.3, 0.4) is 0 Å². The van der Waals surface area contributed by atoms with Crippen LogP contribution in [0.1, 0.15) is 125 Å². The lowest BCUT2D eigenvalue weighted by Gasteiger charge is -2.50. The Morgan fingerprint density at radius 2 is 1.27 bits per heavy atom. The van der Waals surface area contributed by atoms with Crippen molar-refractivity contribution in [1.82, 2.24) is 10.2 Å². The summed E-state index contributed by atoms with van der Waals surface area (Å²) < 4.78 is 7.16. The maximum atomic E-state index is 14.1. The summed E-state index contributed by atoms with van der Waals surface area (Å²) in [6.45, 7) is 14.2. The van der Waals surface area contributed by atoms with E-state index in [9.17, 15) is 4.79 Å². The lowest BCUT2D eigenvalue weighted by molar-refractivity contribution is -0.177. The monoisotopic (exact) mass is 420 g/mol. The zero-order valence-electron chi connectivity index (χ0n) is 20.7. The molecule has 3 rings (SSSR count). The summed E-state index contributed by atoms with van der Waals surface area (Å²) in [5.41, 5.74) is -1.30. The van der Waals surface area contributed by atoms with Crippen LogP contribution in [0.15, 0.2) is 0 Å². The molecule has 4 nitrogen and oxygen atoms in total. The lowest BCUT2D eigenvalue weighted by atomic mass is 9.72. The van der Waals surface area contributed by atoms with Crippen LogP contribution in [0, 0.1) is 5.92 Å². The molecule has 174 valence electrons. The molecule has 0 aromatic rings. The maximum absolute atomic E-state index is 14.1. The van der Waals surface area contributed by atoms with Gasteiger partial charge in [0.05, 0.1) is 0 Å². The largest absolute Gasteiger partial charge is 0.339 e. The Balaban J connectivity index is 1.94. The van der Waals surface area contributed by atoms with Crippen molar-refractivity contribution < 1.29 is 9.53 Å². The molecule has 2 heterocycles. The fraction of sp³-hybridized carbons (Fsp3) is 0.962. The van der Waals surface area contributed by atoms with Gasteiger partial charge in [0.2, 0.25) is 0 Å². The molecule has 4 heteroatoms. The molecule has 2 aliphatic heterocycles. The highest BCUT2D eigenvalue weighted by atomic mass is 16.6. The highest BCUT2D eigenvalue weighted by Gasteiger charge is 2.64. The molecule has 1 N–H and O–H groups in total. The molecule has 0 atom stereocenters. The van der Waals surface area contributed by atoms with E-state index in [1.807, 2.05) is 0 Å². The van der Waals surface area contributed by atoms with E-state index < -0.39 is 11.3 Å². The summed E-state index contributed by atoms with van der Waals surface area (Å²) in [5.74, 6) is 0.722. The zero-order valence-corrected chi connectivity index (χ0v) is 20.7. The average molecular weight is 421 g/mol. The minimum Gasteiger partial charge on any atom is -0.339 e. The van der Waals surface area contributed by atoms with Crippen LogP contribution >= 0.6 is 0 Å². The summed E-state index contributed by atoms with van der Waals surface area (Å²) in [4.78, 5) is 16.3. The lowest BCUT2D eigenvalue weighted by Crippen LogP contribution is -2.65. The third-order valence-corrected chi connectivity index (χ3v) is 7.33. The Morgan fingerprint density at radius 3 is 1.70 bits per heavy atom. The van der Waals surface area contributed by atoms with Gasteiger partial charge < -0.3 is 15.0 Å². The Hall–Kier alpha value is -0.610. The van der Waals surface area contributed by atoms with Gasteiger partial charge in [-0.25, -0.2) is 0 Å².